The lowest BCUT2D eigenvalue weighted by Crippen LogP contribution is -2.12. The van der Waals surface area contributed by atoms with E-state index in [4.69, 9.17) is 10.6 Å². The largest absolute Gasteiger partial charge is 0.491 e. The van der Waals surface area contributed by atoms with Crippen LogP contribution in [0, 0.1) is 0 Å². The first-order chi connectivity index (χ1) is 9.01. The van der Waals surface area contributed by atoms with Crippen molar-refractivity contribution in [2.24, 2.45) is 5.84 Å². The van der Waals surface area contributed by atoms with Crippen LogP contribution < -0.4 is 16.0 Å². The summed E-state index contributed by atoms with van der Waals surface area (Å²) < 4.78 is 5.71. The average Bonchev–Trinajstić information content (AvgIpc) is 2.36. The van der Waals surface area contributed by atoms with Gasteiger partial charge in [-0.05, 0) is 49.6 Å². The third-order valence-corrected chi connectivity index (χ3v) is 2.95. The van der Waals surface area contributed by atoms with Crippen molar-refractivity contribution in [3.05, 3.63) is 29.8 Å². The zero-order valence-electron chi connectivity index (χ0n) is 11.9. The first-order valence-corrected chi connectivity index (χ1v) is 6.59. The summed E-state index contributed by atoms with van der Waals surface area (Å²) in [5, 5.41) is 1.07. The topological polar surface area (TPSA) is 60.2 Å². The number of benzene rings is 1. The Morgan fingerprint density at radius 1 is 1.16 bits per heavy atom. The molecule has 0 amide bonds. The fourth-order valence-corrected chi connectivity index (χ4v) is 2.07. The second-order valence-corrected chi connectivity index (χ2v) is 5.25. The fourth-order valence-electron chi connectivity index (χ4n) is 2.07. The minimum Gasteiger partial charge on any atom is -0.491 e. The molecule has 0 bridgehead atoms. The summed E-state index contributed by atoms with van der Waals surface area (Å²) in [4.78, 5) is 4.54. The van der Waals surface area contributed by atoms with Crippen molar-refractivity contribution in [2.45, 2.75) is 39.7 Å². The molecule has 19 heavy (non-hydrogen) atoms. The van der Waals surface area contributed by atoms with E-state index in [0.29, 0.717) is 5.92 Å². The van der Waals surface area contributed by atoms with Crippen molar-refractivity contribution in [1.29, 1.82) is 0 Å². The zero-order valence-corrected chi connectivity index (χ0v) is 11.9. The molecule has 0 aliphatic rings. The summed E-state index contributed by atoms with van der Waals surface area (Å²) >= 11 is 0. The Kier molecular flexibility index (Phi) is 3.90. The monoisotopic (exact) mass is 259 g/mol. The van der Waals surface area contributed by atoms with Crippen LogP contribution in [0.25, 0.3) is 10.9 Å². The van der Waals surface area contributed by atoms with Crippen molar-refractivity contribution in [3.63, 3.8) is 0 Å². The second kappa shape index (κ2) is 5.45. The van der Waals surface area contributed by atoms with Crippen LogP contribution in [0.15, 0.2) is 24.3 Å². The molecular weight excluding hydrogens is 238 g/mol. The molecule has 3 N–H and O–H groups in total. The third-order valence-electron chi connectivity index (χ3n) is 2.95. The van der Waals surface area contributed by atoms with E-state index in [2.05, 4.69) is 30.3 Å². The SMILES string of the molecule is CC(C)Oc1ccc2nc(NN)c(C(C)C)cc2c1. The Labute approximate surface area is 113 Å². The summed E-state index contributed by atoms with van der Waals surface area (Å²) in [7, 11) is 0. The van der Waals surface area contributed by atoms with Crippen LogP contribution >= 0.6 is 0 Å². The molecule has 0 aliphatic carbocycles. The maximum absolute atomic E-state index is 5.71. The lowest BCUT2D eigenvalue weighted by molar-refractivity contribution is 0.243. The second-order valence-electron chi connectivity index (χ2n) is 5.25. The first-order valence-electron chi connectivity index (χ1n) is 6.59. The molecule has 4 heteroatoms. The number of aromatic nitrogens is 1. The van der Waals surface area contributed by atoms with E-state index in [0.717, 1.165) is 28.0 Å². The van der Waals surface area contributed by atoms with Gasteiger partial charge in [0.2, 0.25) is 0 Å². The van der Waals surface area contributed by atoms with Gasteiger partial charge >= 0.3 is 0 Å². The van der Waals surface area contributed by atoms with Gasteiger partial charge in [-0.15, -0.1) is 0 Å². The Balaban J connectivity index is 2.52. The van der Waals surface area contributed by atoms with E-state index in [1.165, 1.54) is 0 Å². The molecule has 0 saturated heterocycles. The van der Waals surface area contributed by atoms with E-state index in [1.807, 2.05) is 32.0 Å². The molecule has 1 aromatic carbocycles. The lowest BCUT2D eigenvalue weighted by atomic mass is 10.0. The minimum atomic E-state index is 0.167. The van der Waals surface area contributed by atoms with Crippen molar-refractivity contribution >= 4 is 16.7 Å². The van der Waals surface area contributed by atoms with Gasteiger partial charge in [0.25, 0.3) is 0 Å². The van der Waals surface area contributed by atoms with Gasteiger partial charge in [0.1, 0.15) is 11.6 Å². The number of hydrazine groups is 1. The number of fused-ring (bicyclic) bond motifs is 1. The first kappa shape index (κ1) is 13.6. The molecule has 0 radical (unpaired) electrons. The number of anilines is 1. The van der Waals surface area contributed by atoms with Gasteiger partial charge in [-0.3, -0.25) is 0 Å². The van der Waals surface area contributed by atoms with Gasteiger partial charge in [-0.25, -0.2) is 10.8 Å². The van der Waals surface area contributed by atoms with Gasteiger partial charge in [0.15, 0.2) is 0 Å². The van der Waals surface area contributed by atoms with Crippen molar-refractivity contribution in [3.8, 4) is 5.75 Å². The molecule has 1 aromatic heterocycles. The number of ether oxygens (including phenoxy) is 1. The van der Waals surface area contributed by atoms with Gasteiger partial charge < -0.3 is 10.2 Å². The molecule has 0 aliphatic heterocycles. The zero-order chi connectivity index (χ0) is 14.0. The molecule has 102 valence electrons. The van der Waals surface area contributed by atoms with E-state index in [1.54, 1.807) is 0 Å². The molecule has 0 atom stereocenters. The predicted molar refractivity (Wildman–Crippen MR) is 79.4 cm³/mol. The highest BCUT2D eigenvalue weighted by atomic mass is 16.5. The van der Waals surface area contributed by atoms with Crippen LogP contribution in [0.1, 0.15) is 39.2 Å². The maximum Gasteiger partial charge on any atom is 0.144 e. The van der Waals surface area contributed by atoms with Crippen molar-refractivity contribution < 1.29 is 4.74 Å². The molecule has 0 spiro atoms. The Hall–Kier alpha value is -1.81. The van der Waals surface area contributed by atoms with Gasteiger partial charge in [0, 0.05) is 5.39 Å². The average molecular weight is 259 g/mol. The summed E-state index contributed by atoms with van der Waals surface area (Å²) in [6.07, 6.45) is 0.167. The van der Waals surface area contributed by atoms with Crippen molar-refractivity contribution in [2.75, 3.05) is 5.43 Å². The number of nitrogens with two attached hydrogens (primary N) is 1. The highest BCUT2D eigenvalue weighted by Gasteiger charge is 2.10. The standard InChI is InChI=1S/C15H21N3O/c1-9(2)13-8-11-7-12(19-10(3)4)5-6-14(11)17-15(13)18-16/h5-10H,16H2,1-4H3,(H,17,18). The number of rotatable bonds is 4. The number of hydrogen-bond donors (Lipinski definition) is 2. The van der Waals surface area contributed by atoms with Crippen LogP contribution in [-0.4, -0.2) is 11.1 Å². The van der Waals surface area contributed by atoms with Gasteiger partial charge in [0.05, 0.1) is 11.6 Å². The molecule has 0 unspecified atom stereocenters. The maximum atomic E-state index is 5.71. The van der Waals surface area contributed by atoms with E-state index >= 15 is 0 Å². The third kappa shape index (κ3) is 2.96. The molecule has 2 aromatic rings. The Bertz CT molecular complexity index is 579. The van der Waals surface area contributed by atoms with Crippen LogP contribution in [0.3, 0.4) is 0 Å². The number of nitrogens with one attached hydrogen (secondary N) is 1. The van der Waals surface area contributed by atoms with Crippen LogP contribution in [0.5, 0.6) is 5.75 Å². The van der Waals surface area contributed by atoms with E-state index in [-0.39, 0.29) is 6.10 Å². The van der Waals surface area contributed by atoms with Crippen molar-refractivity contribution in [1.82, 2.24) is 4.98 Å². The number of nitrogens with zero attached hydrogens (tertiary/aromatic N) is 1. The minimum absolute atomic E-state index is 0.167. The summed E-state index contributed by atoms with van der Waals surface area (Å²) in [6, 6.07) is 8.03. The highest BCUT2D eigenvalue weighted by Crippen LogP contribution is 2.28. The molecule has 0 saturated carbocycles. The summed E-state index contributed by atoms with van der Waals surface area (Å²) in [5.74, 6) is 7.50. The van der Waals surface area contributed by atoms with Gasteiger partial charge in [-0.2, -0.15) is 0 Å². The predicted octanol–water partition coefficient (Wildman–Crippen LogP) is 3.43. The van der Waals surface area contributed by atoms with Crippen LogP contribution in [0.4, 0.5) is 5.82 Å². The molecule has 1 heterocycles. The molecular formula is C15H21N3O. The molecule has 0 fully saturated rings. The number of hydrogen-bond acceptors (Lipinski definition) is 4. The highest BCUT2D eigenvalue weighted by molar-refractivity contribution is 5.83. The molecule has 2 rings (SSSR count). The fraction of sp³-hybridized carbons (Fsp3) is 0.400. The van der Waals surface area contributed by atoms with E-state index < -0.39 is 0 Å². The summed E-state index contributed by atoms with van der Waals surface area (Å²) in [6.45, 7) is 8.28. The number of pyridine rings is 1. The smallest absolute Gasteiger partial charge is 0.144 e. The Morgan fingerprint density at radius 3 is 2.47 bits per heavy atom. The lowest BCUT2D eigenvalue weighted by Gasteiger charge is -2.14. The van der Waals surface area contributed by atoms with Crippen LogP contribution in [-0.2, 0) is 0 Å². The Morgan fingerprint density at radius 2 is 1.89 bits per heavy atom. The number of nitrogen functional groups attached to an aromatic ring is 1. The van der Waals surface area contributed by atoms with E-state index in [9.17, 15) is 0 Å². The normalized spacial score (nSPS) is 11.3. The molecule has 4 nitrogen and oxygen atoms in total. The van der Waals surface area contributed by atoms with Gasteiger partial charge in [-0.1, -0.05) is 13.8 Å². The quantitative estimate of drug-likeness (QED) is 0.652. The van der Waals surface area contributed by atoms with Crippen LogP contribution in [0.2, 0.25) is 0 Å². The summed E-state index contributed by atoms with van der Waals surface area (Å²) in [5.41, 5.74) is 4.69.